The maximum atomic E-state index is 12.3. The number of carboxylic acids is 2. The normalized spacial score (nSPS) is 14.2. The molecule has 1 fully saturated rings. The fourth-order valence-electron chi connectivity index (χ4n) is 3.12. The van der Waals surface area contributed by atoms with Gasteiger partial charge in [0.1, 0.15) is 5.82 Å². The zero-order chi connectivity index (χ0) is 21.5. The van der Waals surface area contributed by atoms with Crippen LogP contribution in [0.3, 0.4) is 0 Å². The molecule has 0 radical (unpaired) electrons. The molecule has 3 heterocycles. The molecular formula is C20H22N4O5S. The highest BCUT2D eigenvalue weighted by Gasteiger charge is 2.22. The molecule has 0 aliphatic carbocycles. The summed E-state index contributed by atoms with van der Waals surface area (Å²) in [7, 11) is 0. The van der Waals surface area contributed by atoms with E-state index in [0.717, 1.165) is 54.5 Å². The number of imidazole rings is 1. The van der Waals surface area contributed by atoms with E-state index >= 15 is 0 Å². The summed E-state index contributed by atoms with van der Waals surface area (Å²) in [4.78, 5) is 44.0. The van der Waals surface area contributed by atoms with Gasteiger partial charge >= 0.3 is 11.9 Å². The number of rotatable bonds is 4. The van der Waals surface area contributed by atoms with Gasteiger partial charge in [0, 0.05) is 31.1 Å². The first kappa shape index (κ1) is 21.5. The summed E-state index contributed by atoms with van der Waals surface area (Å²) in [6, 6.07) is 12.1. The second-order valence-corrected chi connectivity index (χ2v) is 7.76. The number of aliphatic carboxylic acids is 2. The van der Waals surface area contributed by atoms with Crippen LogP contribution in [0.5, 0.6) is 0 Å². The molecular weight excluding hydrogens is 408 g/mol. The maximum Gasteiger partial charge on any atom is 0.414 e. The summed E-state index contributed by atoms with van der Waals surface area (Å²) in [5.41, 5.74) is 2.09. The molecule has 1 amide bonds. The first-order valence-electron chi connectivity index (χ1n) is 9.34. The van der Waals surface area contributed by atoms with Crippen LogP contribution in [0.1, 0.15) is 10.7 Å². The third-order valence-corrected chi connectivity index (χ3v) is 5.50. The van der Waals surface area contributed by atoms with E-state index in [1.165, 1.54) is 0 Å². The van der Waals surface area contributed by atoms with Gasteiger partial charge in [-0.2, -0.15) is 0 Å². The van der Waals surface area contributed by atoms with Crippen molar-refractivity contribution in [3.05, 3.63) is 52.5 Å². The van der Waals surface area contributed by atoms with Crippen LogP contribution in [0.4, 0.5) is 0 Å². The predicted octanol–water partition coefficient (Wildman–Crippen LogP) is 1.67. The Bertz CT molecular complexity index is 964. The standard InChI is InChI=1S/C18H20N4OS.C2H2O4/c23-18(12-14-4-3-11-24-14)22-9-7-21(8-10-22)13-17-19-15-5-1-2-6-16(15)20-17;3-1(4)2(5)6/h1-6,11H,7-10,12-13H2,(H,19,20);(H,3,4)(H,5,6). The SMILES string of the molecule is O=C(Cc1cccs1)N1CCN(Cc2nc3ccccc3[nH]2)CC1.O=C(O)C(=O)O. The minimum absolute atomic E-state index is 0.237. The van der Waals surface area contributed by atoms with Crippen molar-refractivity contribution in [1.82, 2.24) is 19.8 Å². The number of benzene rings is 1. The van der Waals surface area contributed by atoms with E-state index in [4.69, 9.17) is 19.8 Å². The lowest BCUT2D eigenvalue weighted by atomic mass is 10.2. The third kappa shape index (κ3) is 5.88. The number of thiophene rings is 1. The molecule has 30 heavy (non-hydrogen) atoms. The molecule has 0 atom stereocenters. The molecule has 4 rings (SSSR count). The van der Waals surface area contributed by atoms with Crippen molar-refractivity contribution < 1.29 is 24.6 Å². The lowest BCUT2D eigenvalue weighted by molar-refractivity contribution is -0.159. The minimum atomic E-state index is -1.82. The monoisotopic (exact) mass is 430 g/mol. The topological polar surface area (TPSA) is 127 Å². The number of nitrogens with one attached hydrogen (secondary N) is 1. The van der Waals surface area contributed by atoms with Crippen molar-refractivity contribution in [3.8, 4) is 0 Å². The summed E-state index contributed by atoms with van der Waals surface area (Å²) in [6.45, 7) is 4.19. The van der Waals surface area contributed by atoms with E-state index in [2.05, 4.69) is 14.9 Å². The van der Waals surface area contributed by atoms with E-state index in [1.807, 2.05) is 46.7 Å². The predicted molar refractivity (Wildman–Crippen MR) is 111 cm³/mol. The van der Waals surface area contributed by atoms with Gasteiger partial charge in [-0.1, -0.05) is 18.2 Å². The van der Waals surface area contributed by atoms with Crippen LogP contribution in [0.2, 0.25) is 0 Å². The van der Waals surface area contributed by atoms with Crippen LogP contribution in [0.25, 0.3) is 11.0 Å². The van der Waals surface area contributed by atoms with Gasteiger partial charge in [0.15, 0.2) is 0 Å². The Labute approximate surface area is 176 Å². The van der Waals surface area contributed by atoms with Crippen LogP contribution >= 0.6 is 11.3 Å². The van der Waals surface area contributed by atoms with Gasteiger partial charge in [-0.25, -0.2) is 14.6 Å². The molecule has 158 valence electrons. The van der Waals surface area contributed by atoms with Crippen molar-refractivity contribution in [2.75, 3.05) is 26.2 Å². The van der Waals surface area contributed by atoms with Gasteiger partial charge in [0.25, 0.3) is 0 Å². The number of aromatic nitrogens is 2. The molecule has 1 aromatic carbocycles. The molecule has 1 aliphatic heterocycles. The zero-order valence-corrected chi connectivity index (χ0v) is 17.0. The number of hydrogen-bond donors (Lipinski definition) is 3. The first-order chi connectivity index (χ1) is 14.4. The summed E-state index contributed by atoms with van der Waals surface area (Å²) in [5.74, 6) is -2.42. The Balaban J connectivity index is 0.000000377. The van der Waals surface area contributed by atoms with E-state index in [-0.39, 0.29) is 5.91 Å². The Morgan fingerprint density at radius 3 is 2.30 bits per heavy atom. The summed E-state index contributed by atoms with van der Waals surface area (Å²) >= 11 is 1.65. The second-order valence-electron chi connectivity index (χ2n) is 6.72. The molecule has 0 unspecified atom stereocenters. The number of hydrogen-bond acceptors (Lipinski definition) is 6. The molecule has 3 aromatic rings. The van der Waals surface area contributed by atoms with Crippen LogP contribution in [-0.4, -0.2) is 74.0 Å². The fraction of sp³-hybridized carbons (Fsp3) is 0.300. The largest absolute Gasteiger partial charge is 0.473 e. The molecule has 9 nitrogen and oxygen atoms in total. The number of H-pyrrole nitrogens is 1. The van der Waals surface area contributed by atoms with Crippen molar-refractivity contribution in [2.24, 2.45) is 0 Å². The van der Waals surface area contributed by atoms with Crippen molar-refractivity contribution >= 4 is 40.2 Å². The van der Waals surface area contributed by atoms with Gasteiger partial charge in [0.05, 0.1) is 24.0 Å². The van der Waals surface area contributed by atoms with Crippen molar-refractivity contribution in [3.63, 3.8) is 0 Å². The van der Waals surface area contributed by atoms with Gasteiger partial charge in [-0.3, -0.25) is 9.69 Å². The van der Waals surface area contributed by atoms with Crippen molar-refractivity contribution in [1.29, 1.82) is 0 Å². The maximum absolute atomic E-state index is 12.3. The Hall–Kier alpha value is -3.24. The Kier molecular flexibility index (Phi) is 7.15. The highest BCUT2D eigenvalue weighted by Crippen LogP contribution is 2.14. The zero-order valence-electron chi connectivity index (χ0n) is 16.2. The van der Waals surface area contributed by atoms with Crippen LogP contribution in [0.15, 0.2) is 41.8 Å². The molecule has 0 saturated carbocycles. The summed E-state index contributed by atoms with van der Waals surface area (Å²) < 4.78 is 0. The molecule has 0 spiro atoms. The quantitative estimate of drug-likeness (QED) is 0.537. The van der Waals surface area contributed by atoms with Crippen molar-refractivity contribution in [2.45, 2.75) is 13.0 Å². The average Bonchev–Trinajstić information content (AvgIpc) is 3.38. The highest BCUT2D eigenvalue weighted by molar-refractivity contribution is 7.10. The number of carbonyl (C=O) groups excluding carboxylic acids is 1. The molecule has 10 heteroatoms. The molecule has 1 aliphatic rings. The average molecular weight is 430 g/mol. The van der Waals surface area contributed by atoms with E-state index in [9.17, 15) is 4.79 Å². The molecule has 2 aromatic heterocycles. The number of para-hydroxylation sites is 2. The summed E-state index contributed by atoms with van der Waals surface area (Å²) in [6.07, 6.45) is 0.529. The fourth-order valence-corrected chi connectivity index (χ4v) is 3.82. The smallest absolute Gasteiger partial charge is 0.414 e. The molecule has 3 N–H and O–H groups in total. The van der Waals surface area contributed by atoms with Crippen LogP contribution in [0, 0.1) is 0 Å². The van der Waals surface area contributed by atoms with E-state index < -0.39 is 11.9 Å². The Morgan fingerprint density at radius 2 is 1.70 bits per heavy atom. The van der Waals surface area contributed by atoms with Gasteiger partial charge in [0.2, 0.25) is 5.91 Å². The van der Waals surface area contributed by atoms with E-state index in [0.29, 0.717) is 6.42 Å². The second kappa shape index (κ2) is 9.99. The Morgan fingerprint density at radius 1 is 1.00 bits per heavy atom. The van der Waals surface area contributed by atoms with Gasteiger partial charge in [-0.05, 0) is 23.6 Å². The lowest BCUT2D eigenvalue weighted by Gasteiger charge is -2.34. The number of piperazine rings is 1. The molecule has 0 bridgehead atoms. The van der Waals surface area contributed by atoms with Gasteiger partial charge < -0.3 is 20.1 Å². The number of carboxylic acid groups (broad SMARTS) is 2. The van der Waals surface area contributed by atoms with Gasteiger partial charge in [-0.15, -0.1) is 11.3 Å². The number of amides is 1. The summed E-state index contributed by atoms with van der Waals surface area (Å²) in [5, 5.41) is 16.8. The number of fused-ring (bicyclic) bond motifs is 1. The lowest BCUT2D eigenvalue weighted by Crippen LogP contribution is -2.48. The minimum Gasteiger partial charge on any atom is -0.473 e. The van der Waals surface area contributed by atoms with E-state index in [1.54, 1.807) is 11.3 Å². The molecule has 1 saturated heterocycles. The number of aromatic amines is 1. The van der Waals surface area contributed by atoms with Crippen LogP contribution < -0.4 is 0 Å². The first-order valence-corrected chi connectivity index (χ1v) is 10.2. The third-order valence-electron chi connectivity index (χ3n) is 4.63. The van der Waals surface area contributed by atoms with Crippen LogP contribution in [-0.2, 0) is 27.3 Å². The number of carbonyl (C=O) groups is 3. The highest BCUT2D eigenvalue weighted by atomic mass is 32.1. The number of nitrogens with zero attached hydrogens (tertiary/aromatic N) is 3.